The molecule has 0 amide bonds. The molecular weight excluding hydrogens is 281 g/mol. The number of rotatable bonds is 7. The maximum Gasteiger partial charge on any atom is 0.215 e. The summed E-state index contributed by atoms with van der Waals surface area (Å²) in [4.78, 5) is 0. The Labute approximate surface area is 124 Å². The summed E-state index contributed by atoms with van der Waals surface area (Å²) in [6, 6.07) is 1.98. The Morgan fingerprint density at radius 1 is 1.30 bits per heavy atom. The van der Waals surface area contributed by atoms with E-state index >= 15 is 0 Å². The van der Waals surface area contributed by atoms with Gasteiger partial charge in [-0.15, -0.1) is 12.4 Å². The van der Waals surface area contributed by atoms with E-state index in [0.29, 0.717) is 25.2 Å². The van der Waals surface area contributed by atoms with Crippen molar-refractivity contribution in [1.29, 1.82) is 0 Å². The average molecular weight is 302 g/mol. The van der Waals surface area contributed by atoms with E-state index in [9.17, 15) is 4.39 Å². The average Bonchev–Trinajstić information content (AvgIpc) is 2.98. The fraction of sp³-hybridized carbons (Fsp3) is 0.538. The highest BCUT2D eigenvalue weighted by molar-refractivity contribution is 5.85. The van der Waals surface area contributed by atoms with E-state index in [-0.39, 0.29) is 18.4 Å². The van der Waals surface area contributed by atoms with Crippen molar-refractivity contribution in [2.24, 2.45) is 0 Å². The number of hydrogen-bond donors (Lipinski definition) is 1. The number of aromatic nitrogens is 4. The minimum atomic E-state index is -0.258. The Morgan fingerprint density at radius 3 is 2.75 bits per heavy atom. The molecule has 0 fully saturated rings. The van der Waals surface area contributed by atoms with Crippen molar-refractivity contribution in [1.82, 2.24) is 24.9 Å². The van der Waals surface area contributed by atoms with Crippen LogP contribution in [0.4, 0.5) is 4.39 Å². The van der Waals surface area contributed by atoms with Gasteiger partial charge in [-0.1, -0.05) is 6.92 Å². The van der Waals surface area contributed by atoms with E-state index in [1.807, 2.05) is 23.9 Å². The lowest BCUT2D eigenvalue weighted by Gasteiger charge is -2.01. The normalized spacial score (nSPS) is 10.6. The number of nitrogens with one attached hydrogen (secondary N) is 1. The van der Waals surface area contributed by atoms with E-state index in [0.717, 1.165) is 18.7 Å². The molecule has 2 aromatic rings. The van der Waals surface area contributed by atoms with Crippen molar-refractivity contribution in [2.45, 2.75) is 46.4 Å². The zero-order chi connectivity index (χ0) is 13.7. The van der Waals surface area contributed by atoms with Crippen LogP contribution in [-0.4, -0.2) is 19.6 Å². The van der Waals surface area contributed by atoms with Gasteiger partial charge >= 0.3 is 0 Å². The van der Waals surface area contributed by atoms with Gasteiger partial charge in [-0.3, -0.25) is 4.68 Å². The van der Waals surface area contributed by atoms with E-state index in [4.69, 9.17) is 0 Å². The molecule has 0 unspecified atom stereocenters. The summed E-state index contributed by atoms with van der Waals surface area (Å²) in [7, 11) is 0. The molecule has 0 saturated carbocycles. The van der Waals surface area contributed by atoms with Crippen LogP contribution in [0, 0.1) is 5.95 Å². The molecule has 0 aliphatic rings. The molecule has 0 aromatic carbocycles. The summed E-state index contributed by atoms with van der Waals surface area (Å²) >= 11 is 0. The van der Waals surface area contributed by atoms with E-state index in [1.165, 1.54) is 4.68 Å². The summed E-state index contributed by atoms with van der Waals surface area (Å²) in [6.07, 6.45) is 4.60. The summed E-state index contributed by atoms with van der Waals surface area (Å²) in [6.45, 7) is 6.56. The van der Waals surface area contributed by atoms with Crippen LogP contribution in [0.2, 0.25) is 0 Å². The van der Waals surface area contributed by atoms with Crippen molar-refractivity contribution >= 4 is 12.4 Å². The number of nitrogens with zero attached hydrogens (tertiary/aromatic N) is 4. The molecule has 0 aliphatic heterocycles. The van der Waals surface area contributed by atoms with Crippen LogP contribution in [0.15, 0.2) is 18.5 Å². The molecule has 0 bridgehead atoms. The Bertz CT molecular complexity index is 523. The predicted octanol–water partition coefficient (Wildman–Crippen LogP) is 2.36. The first-order valence-corrected chi connectivity index (χ1v) is 6.67. The van der Waals surface area contributed by atoms with Crippen molar-refractivity contribution in [3.05, 3.63) is 35.7 Å². The van der Waals surface area contributed by atoms with Crippen LogP contribution in [0.3, 0.4) is 0 Å². The van der Waals surface area contributed by atoms with Crippen molar-refractivity contribution < 1.29 is 4.39 Å². The molecule has 0 atom stereocenters. The standard InChI is InChI=1S/C13H20FN5.ClH/c1-3-6-18-7-5-12(17-18)10-15-8-11-9-16-19(4-2)13(11)14;/h5,7,9,15H,3-4,6,8,10H2,1-2H3;1H. The zero-order valence-corrected chi connectivity index (χ0v) is 12.7. The van der Waals surface area contributed by atoms with E-state index < -0.39 is 0 Å². The molecule has 7 heteroatoms. The van der Waals surface area contributed by atoms with Gasteiger partial charge in [-0.2, -0.15) is 14.6 Å². The summed E-state index contributed by atoms with van der Waals surface area (Å²) in [5, 5.41) is 11.6. The van der Waals surface area contributed by atoms with Gasteiger partial charge in [0.25, 0.3) is 0 Å². The Morgan fingerprint density at radius 2 is 2.10 bits per heavy atom. The van der Waals surface area contributed by atoms with Gasteiger partial charge in [0.1, 0.15) is 0 Å². The lowest BCUT2D eigenvalue weighted by atomic mass is 10.3. The SMILES string of the molecule is CCCn1ccc(CNCc2cnn(CC)c2F)n1.Cl. The summed E-state index contributed by atoms with van der Waals surface area (Å²) in [5.41, 5.74) is 1.56. The lowest BCUT2D eigenvalue weighted by Crippen LogP contribution is -2.14. The quantitative estimate of drug-likeness (QED) is 0.854. The van der Waals surface area contributed by atoms with Gasteiger partial charge in [-0.05, 0) is 19.4 Å². The topological polar surface area (TPSA) is 47.7 Å². The fourth-order valence-electron chi connectivity index (χ4n) is 1.93. The van der Waals surface area contributed by atoms with Crippen molar-refractivity contribution in [3.63, 3.8) is 0 Å². The highest BCUT2D eigenvalue weighted by Crippen LogP contribution is 2.06. The highest BCUT2D eigenvalue weighted by atomic mass is 35.5. The molecule has 2 rings (SSSR count). The number of aryl methyl sites for hydroxylation is 2. The van der Waals surface area contributed by atoms with Crippen LogP contribution in [0.1, 0.15) is 31.5 Å². The molecule has 112 valence electrons. The van der Waals surface area contributed by atoms with Crippen LogP contribution in [-0.2, 0) is 26.2 Å². The minimum Gasteiger partial charge on any atom is -0.307 e. The molecule has 2 aromatic heterocycles. The van der Waals surface area contributed by atoms with Gasteiger partial charge < -0.3 is 5.32 Å². The minimum absolute atomic E-state index is 0. The molecule has 20 heavy (non-hydrogen) atoms. The van der Waals surface area contributed by atoms with E-state index in [2.05, 4.69) is 22.4 Å². The molecular formula is C13H21ClFN5. The molecule has 0 aliphatic carbocycles. The molecule has 1 N–H and O–H groups in total. The van der Waals surface area contributed by atoms with Gasteiger partial charge in [0.2, 0.25) is 5.95 Å². The predicted molar refractivity (Wildman–Crippen MR) is 78.2 cm³/mol. The van der Waals surface area contributed by atoms with Crippen LogP contribution < -0.4 is 5.32 Å². The van der Waals surface area contributed by atoms with Crippen LogP contribution in [0.25, 0.3) is 0 Å². The summed E-state index contributed by atoms with van der Waals surface area (Å²) in [5.74, 6) is -0.258. The molecule has 5 nitrogen and oxygen atoms in total. The molecule has 0 spiro atoms. The van der Waals surface area contributed by atoms with Gasteiger partial charge in [0, 0.05) is 37.9 Å². The second-order valence-corrected chi connectivity index (χ2v) is 4.45. The third-order valence-electron chi connectivity index (χ3n) is 2.91. The highest BCUT2D eigenvalue weighted by Gasteiger charge is 2.08. The second kappa shape index (κ2) is 8.01. The number of halogens is 2. The van der Waals surface area contributed by atoms with Crippen LogP contribution in [0.5, 0.6) is 0 Å². The van der Waals surface area contributed by atoms with Crippen molar-refractivity contribution in [2.75, 3.05) is 0 Å². The van der Waals surface area contributed by atoms with Gasteiger partial charge in [-0.25, -0.2) is 4.68 Å². The van der Waals surface area contributed by atoms with Gasteiger partial charge in [0.05, 0.1) is 11.9 Å². The monoisotopic (exact) mass is 301 g/mol. The first-order chi connectivity index (χ1) is 9.24. The van der Waals surface area contributed by atoms with Gasteiger partial charge in [0.15, 0.2) is 0 Å². The maximum absolute atomic E-state index is 13.7. The van der Waals surface area contributed by atoms with Crippen molar-refractivity contribution in [3.8, 4) is 0 Å². The zero-order valence-electron chi connectivity index (χ0n) is 11.8. The van der Waals surface area contributed by atoms with Crippen LogP contribution >= 0.6 is 12.4 Å². The third-order valence-corrected chi connectivity index (χ3v) is 2.91. The molecule has 2 heterocycles. The largest absolute Gasteiger partial charge is 0.307 e. The second-order valence-electron chi connectivity index (χ2n) is 4.45. The Kier molecular flexibility index (Phi) is 6.67. The maximum atomic E-state index is 13.7. The lowest BCUT2D eigenvalue weighted by molar-refractivity contribution is 0.460. The number of hydrogen-bond acceptors (Lipinski definition) is 3. The molecule has 0 saturated heterocycles. The smallest absolute Gasteiger partial charge is 0.215 e. The third kappa shape index (κ3) is 4.05. The Hall–Kier alpha value is -1.40. The molecule has 0 radical (unpaired) electrons. The first-order valence-electron chi connectivity index (χ1n) is 6.67. The van der Waals surface area contributed by atoms with E-state index in [1.54, 1.807) is 6.20 Å². The first kappa shape index (κ1) is 16.7. The fourth-order valence-corrected chi connectivity index (χ4v) is 1.93. The summed E-state index contributed by atoms with van der Waals surface area (Å²) < 4.78 is 17.0. The Balaban J connectivity index is 0.00000200.